The van der Waals surface area contributed by atoms with Crippen LogP contribution in [0.2, 0.25) is 6.04 Å². The summed E-state index contributed by atoms with van der Waals surface area (Å²) < 4.78 is 4.82. The van der Waals surface area contributed by atoms with Gasteiger partial charge in [0, 0.05) is 5.57 Å². The Bertz CT molecular complexity index is 171. The van der Waals surface area contributed by atoms with Crippen molar-refractivity contribution in [2.24, 2.45) is 0 Å². The van der Waals surface area contributed by atoms with Gasteiger partial charge < -0.3 is 4.74 Å². The molecular formula is C7H12Cl2O2Si. The molecule has 0 atom stereocenters. The van der Waals surface area contributed by atoms with E-state index in [0.717, 1.165) is 12.5 Å². The SMILES string of the molecule is C=C(C)C(=O)OCCC[SiH](Cl)Cl. The standard InChI is InChI=1S/C7H12Cl2O2Si/c1-6(2)7(10)11-4-3-5-12(8)9/h12H,1,3-5H2,2H3. The average molecular weight is 227 g/mol. The molecule has 12 heavy (non-hydrogen) atoms. The molecule has 0 bridgehead atoms. The molecule has 0 N–H and O–H groups in total. The summed E-state index contributed by atoms with van der Waals surface area (Å²) >= 11 is 11.2. The van der Waals surface area contributed by atoms with Crippen LogP contribution in [0, 0.1) is 0 Å². The maximum Gasteiger partial charge on any atom is 0.333 e. The van der Waals surface area contributed by atoms with Crippen molar-refractivity contribution in [1.29, 1.82) is 0 Å². The second kappa shape index (κ2) is 6.52. The smallest absolute Gasteiger partial charge is 0.333 e. The topological polar surface area (TPSA) is 26.3 Å². The van der Waals surface area contributed by atoms with Gasteiger partial charge in [-0.2, -0.15) is 22.2 Å². The first-order valence-corrected chi connectivity index (χ1v) is 7.95. The molecule has 0 fully saturated rings. The number of hydrogen-bond acceptors (Lipinski definition) is 2. The Balaban J connectivity index is 3.32. The number of halogens is 2. The zero-order chi connectivity index (χ0) is 9.56. The first-order valence-electron chi connectivity index (χ1n) is 3.65. The Morgan fingerprint density at radius 2 is 2.17 bits per heavy atom. The fourth-order valence-corrected chi connectivity index (χ4v) is 1.93. The Labute approximate surface area is 83.5 Å². The van der Waals surface area contributed by atoms with Crippen molar-refractivity contribution in [2.45, 2.75) is 19.4 Å². The molecule has 0 saturated heterocycles. The van der Waals surface area contributed by atoms with Gasteiger partial charge in [0.1, 0.15) is 0 Å². The van der Waals surface area contributed by atoms with E-state index < -0.39 is 7.42 Å². The predicted octanol–water partition coefficient (Wildman–Crippen LogP) is 2.19. The van der Waals surface area contributed by atoms with Gasteiger partial charge in [-0.25, -0.2) is 4.79 Å². The molecule has 0 aromatic heterocycles. The zero-order valence-electron chi connectivity index (χ0n) is 6.98. The molecule has 0 heterocycles. The van der Waals surface area contributed by atoms with Crippen LogP contribution in [-0.4, -0.2) is 20.0 Å². The number of carbonyl (C=O) groups excluding carboxylic acids is 1. The molecule has 0 aliphatic carbocycles. The van der Waals surface area contributed by atoms with E-state index in [4.69, 9.17) is 26.9 Å². The van der Waals surface area contributed by atoms with Gasteiger partial charge in [0.25, 0.3) is 0 Å². The number of carbonyl (C=O) groups is 1. The first-order chi connectivity index (χ1) is 5.54. The average Bonchev–Trinajstić information content (AvgIpc) is 1.97. The summed E-state index contributed by atoms with van der Waals surface area (Å²) in [7, 11) is -1.53. The largest absolute Gasteiger partial charge is 0.462 e. The molecule has 0 aliphatic heterocycles. The molecule has 0 aliphatic rings. The summed E-state index contributed by atoms with van der Waals surface area (Å²) in [4.78, 5) is 10.8. The summed E-state index contributed by atoms with van der Waals surface area (Å²) in [5, 5.41) is 0. The van der Waals surface area contributed by atoms with Gasteiger partial charge in [0.05, 0.1) is 6.61 Å². The fraction of sp³-hybridized carbons (Fsp3) is 0.571. The van der Waals surface area contributed by atoms with Crippen LogP contribution in [0.1, 0.15) is 13.3 Å². The molecule has 0 rings (SSSR count). The molecule has 0 aromatic carbocycles. The van der Waals surface area contributed by atoms with Crippen molar-refractivity contribution in [3.63, 3.8) is 0 Å². The molecule has 70 valence electrons. The van der Waals surface area contributed by atoms with E-state index in [1.165, 1.54) is 0 Å². The minimum atomic E-state index is -1.53. The molecule has 0 radical (unpaired) electrons. The van der Waals surface area contributed by atoms with Crippen LogP contribution in [0.25, 0.3) is 0 Å². The minimum absolute atomic E-state index is 0.350. The highest BCUT2D eigenvalue weighted by molar-refractivity contribution is 7.33. The number of hydrogen-bond donors (Lipinski definition) is 0. The van der Waals surface area contributed by atoms with Crippen LogP contribution < -0.4 is 0 Å². The highest BCUT2D eigenvalue weighted by Crippen LogP contribution is 2.06. The van der Waals surface area contributed by atoms with Gasteiger partial charge in [-0.05, 0) is 19.4 Å². The van der Waals surface area contributed by atoms with E-state index in [0.29, 0.717) is 12.2 Å². The van der Waals surface area contributed by atoms with Crippen LogP contribution in [0.15, 0.2) is 12.2 Å². The van der Waals surface area contributed by atoms with Crippen molar-refractivity contribution >= 4 is 35.5 Å². The molecule has 2 nitrogen and oxygen atoms in total. The number of esters is 1. The molecule has 0 unspecified atom stereocenters. The van der Waals surface area contributed by atoms with E-state index in [9.17, 15) is 4.79 Å². The summed E-state index contributed by atoms with van der Waals surface area (Å²) in [6, 6.07) is 0.770. The van der Waals surface area contributed by atoms with Crippen molar-refractivity contribution in [2.75, 3.05) is 6.61 Å². The highest BCUT2D eigenvalue weighted by atomic mass is 35.7. The molecule has 0 aromatic rings. The summed E-state index contributed by atoms with van der Waals surface area (Å²) in [5.41, 5.74) is 0.417. The monoisotopic (exact) mass is 226 g/mol. The third kappa shape index (κ3) is 6.70. The van der Waals surface area contributed by atoms with Crippen molar-refractivity contribution in [1.82, 2.24) is 0 Å². The van der Waals surface area contributed by atoms with Gasteiger partial charge in [-0.1, -0.05) is 6.58 Å². The van der Waals surface area contributed by atoms with Gasteiger partial charge >= 0.3 is 5.97 Å². The lowest BCUT2D eigenvalue weighted by Gasteiger charge is -2.03. The highest BCUT2D eigenvalue weighted by Gasteiger charge is 2.04. The number of ether oxygens (including phenoxy) is 1. The fourth-order valence-electron chi connectivity index (χ4n) is 0.526. The van der Waals surface area contributed by atoms with E-state index in [-0.39, 0.29) is 5.97 Å². The summed E-state index contributed by atoms with van der Waals surface area (Å²) in [6.07, 6.45) is 0.739. The maximum absolute atomic E-state index is 10.8. The van der Waals surface area contributed by atoms with E-state index >= 15 is 0 Å². The van der Waals surface area contributed by atoms with Gasteiger partial charge in [0.2, 0.25) is 7.42 Å². The Kier molecular flexibility index (Phi) is 6.52. The van der Waals surface area contributed by atoms with E-state index in [1.807, 2.05) is 0 Å². The normalized spacial score (nSPS) is 10.0. The van der Waals surface area contributed by atoms with Crippen LogP contribution in [0.4, 0.5) is 0 Å². The zero-order valence-corrected chi connectivity index (χ0v) is 9.64. The Morgan fingerprint density at radius 3 is 2.58 bits per heavy atom. The van der Waals surface area contributed by atoms with Crippen LogP contribution in [-0.2, 0) is 9.53 Å². The van der Waals surface area contributed by atoms with Gasteiger partial charge in [-0.3, -0.25) is 0 Å². The molecule has 0 saturated carbocycles. The van der Waals surface area contributed by atoms with Crippen LogP contribution >= 0.6 is 22.2 Å². The molecule has 5 heteroatoms. The van der Waals surface area contributed by atoms with Crippen molar-refractivity contribution < 1.29 is 9.53 Å². The van der Waals surface area contributed by atoms with Crippen LogP contribution in [0.3, 0.4) is 0 Å². The Morgan fingerprint density at radius 1 is 1.58 bits per heavy atom. The van der Waals surface area contributed by atoms with Gasteiger partial charge in [0.15, 0.2) is 0 Å². The lowest BCUT2D eigenvalue weighted by Crippen LogP contribution is -2.07. The number of rotatable bonds is 5. The third-order valence-electron chi connectivity index (χ3n) is 1.15. The lowest BCUT2D eigenvalue weighted by atomic mass is 10.4. The quantitative estimate of drug-likeness (QED) is 0.236. The second-order valence-corrected chi connectivity index (χ2v) is 7.64. The van der Waals surface area contributed by atoms with Crippen molar-refractivity contribution in [3.05, 3.63) is 12.2 Å². The first kappa shape index (κ1) is 12.0. The second-order valence-electron chi connectivity index (χ2n) is 2.45. The van der Waals surface area contributed by atoms with Crippen molar-refractivity contribution in [3.8, 4) is 0 Å². The molecule has 0 spiro atoms. The molecule has 0 amide bonds. The van der Waals surface area contributed by atoms with Crippen LogP contribution in [0.5, 0.6) is 0 Å². The Hall–Kier alpha value is 0.00688. The maximum atomic E-state index is 10.8. The molecular weight excluding hydrogens is 215 g/mol. The third-order valence-corrected chi connectivity index (χ3v) is 3.30. The summed E-state index contributed by atoms with van der Waals surface area (Å²) in [6.45, 7) is 5.45. The minimum Gasteiger partial charge on any atom is -0.462 e. The predicted molar refractivity (Wildman–Crippen MR) is 54.1 cm³/mol. The summed E-state index contributed by atoms with van der Waals surface area (Å²) in [5.74, 6) is -0.350. The van der Waals surface area contributed by atoms with E-state index in [2.05, 4.69) is 6.58 Å². The van der Waals surface area contributed by atoms with E-state index in [1.54, 1.807) is 6.92 Å². The van der Waals surface area contributed by atoms with Gasteiger partial charge in [-0.15, -0.1) is 0 Å². The lowest BCUT2D eigenvalue weighted by molar-refractivity contribution is -0.138.